The molecule has 1 heterocycles. The van der Waals surface area contributed by atoms with Gasteiger partial charge in [-0.05, 0) is 25.8 Å². The number of nitrogens with two attached hydrogens (primary N) is 1. The highest BCUT2D eigenvalue weighted by Gasteiger charge is 2.27. The SMILES string of the molecule is CCCC(N)C(=O)N(C)C1CCN(CC)CC1. The highest BCUT2D eigenvalue weighted by atomic mass is 16.2. The molecular formula is C13H27N3O. The van der Waals surface area contributed by atoms with Crippen LogP contribution < -0.4 is 5.73 Å². The lowest BCUT2D eigenvalue weighted by Crippen LogP contribution is -2.50. The van der Waals surface area contributed by atoms with Gasteiger partial charge in [0.15, 0.2) is 0 Å². The van der Waals surface area contributed by atoms with Crippen LogP contribution in [0.5, 0.6) is 0 Å². The van der Waals surface area contributed by atoms with Crippen molar-refractivity contribution in [2.75, 3.05) is 26.7 Å². The number of piperidine rings is 1. The Morgan fingerprint density at radius 1 is 1.41 bits per heavy atom. The van der Waals surface area contributed by atoms with E-state index in [1.807, 2.05) is 11.9 Å². The van der Waals surface area contributed by atoms with Crippen molar-refractivity contribution in [3.8, 4) is 0 Å². The van der Waals surface area contributed by atoms with Gasteiger partial charge in [0.1, 0.15) is 0 Å². The quantitative estimate of drug-likeness (QED) is 0.783. The van der Waals surface area contributed by atoms with Crippen LogP contribution >= 0.6 is 0 Å². The summed E-state index contributed by atoms with van der Waals surface area (Å²) in [5.41, 5.74) is 5.89. The van der Waals surface area contributed by atoms with E-state index in [1.165, 1.54) is 0 Å². The summed E-state index contributed by atoms with van der Waals surface area (Å²) >= 11 is 0. The van der Waals surface area contributed by atoms with Gasteiger partial charge in [-0.15, -0.1) is 0 Å². The molecule has 0 bridgehead atoms. The summed E-state index contributed by atoms with van der Waals surface area (Å²) in [5.74, 6) is 0.113. The van der Waals surface area contributed by atoms with Gasteiger partial charge in [0, 0.05) is 26.2 Å². The van der Waals surface area contributed by atoms with Crippen LogP contribution in [0, 0.1) is 0 Å². The zero-order chi connectivity index (χ0) is 12.8. The van der Waals surface area contributed by atoms with E-state index in [4.69, 9.17) is 5.73 Å². The van der Waals surface area contributed by atoms with E-state index in [-0.39, 0.29) is 11.9 Å². The highest BCUT2D eigenvalue weighted by molar-refractivity contribution is 5.81. The van der Waals surface area contributed by atoms with E-state index < -0.39 is 0 Å². The summed E-state index contributed by atoms with van der Waals surface area (Å²) in [5, 5.41) is 0. The van der Waals surface area contributed by atoms with Crippen LogP contribution in [0.3, 0.4) is 0 Å². The first-order valence-corrected chi connectivity index (χ1v) is 6.84. The van der Waals surface area contributed by atoms with Gasteiger partial charge in [-0.3, -0.25) is 4.79 Å². The van der Waals surface area contributed by atoms with Crippen molar-refractivity contribution in [2.24, 2.45) is 5.73 Å². The summed E-state index contributed by atoms with van der Waals surface area (Å²) < 4.78 is 0. The predicted octanol–water partition coefficient (Wildman–Crippen LogP) is 1.06. The summed E-state index contributed by atoms with van der Waals surface area (Å²) in [6, 6.07) is 0.0717. The third kappa shape index (κ3) is 3.96. The van der Waals surface area contributed by atoms with Crippen LogP contribution in [-0.2, 0) is 4.79 Å². The summed E-state index contributed by atoms with van der Waals surface area (Å²) in [6.07, 6.45) is 3.91. The normalized spacial score (nSPS) is 20.2. The second kappa shape index (κ2) is 6.97. The number of likely N-dealkylation sites (N-methyl/N-ethyl adjacent to an activating group) is 1. The van der Waals surface area contributed by atoms with Crippen LogP contribution in [0.25, 0.3) is 0 Å². The summed E-state index contributed by atoms with van der Waals surface area (Å²) in [4.78, 5) is 16.4. The van der Waals surface area contributed by atoms with Crippen molar-refractivity contribution in [3.63, 3.8) is 0 Å². The van der Waals surface area contributed by atoms with Crippen molar-refractivity contribution in [1.82, 2.24) is 9.80 Å². The molecule has 1 amide bonds. The third-order valence-corrected chi connectivity index (χ3v) is 3.82. The molecule has 0 radical (unpaired) electrons. The van der Waals surface area contributed by atoms with Crippen LogP contribution in [-0.4, -0.2) is 54.5 Å². The van der Waals surface area contributed by atoms with Gasteiger partial charge in [-0.2, -0.15) is 0 Å². The fraction of sp³-hybridized carbons (Fsp3) is 0.923. The van der Waals surface area contributed by atoms with Crippen LogP contribution in [0.15, 0.2) is 0 Å². The van der Waals surface area contributed by atoms with Crippen LogP contribution in [0.2, 0.25) is 0 Å². The first-order valence-electron chi connectivity index (χ1n) is 6.84. The molecular weight excluding hydrogens is 214 g/mol. The second-order valence-corrected chi connectivity index (χ2v) is 5.01. The van der Waals surface area contributed by atoms with Crippen molar-refractivity contribution in [2.45, 2.75) is 51.6 Å². The highest BCUT2D eigenvalue weighted by Crippen LogP contribution is 2.16. The molecule has 1 rings (SSSR count). The predicted molar refractivity (Wildman–Crippen MR) is 70.8 cm³/mol. The zero-order valence-electron chi connectivity index (χ0n) is 11.5. The number of carbonyl (C=O) groups is 1. The third-order valence-electron chi connectivity index (χ3n) is 3.82. The van der Waals surface area contributed by atoms with Crippen molar-refractivity contribution < 1.29 is 4.79 Å². The van der Waals surface area contributed by atoms with Crippen molar-refractivity contribution >= 4 is 5.91 Å². The van der Waals surface area contributed by atoms with Gasteiger partial charge in [-0.1, -0.05) is 20.3 Å². The lowest BCUT2D eigenvalue weighted by Gasteiger charge is -2.37. The number of rotatable bonds is 5. The Morgan fingerprint density at radius 3 is 2.47 bits per heavy atom. The molecule has 1 fully saturated rings. The molecule has 2 N–H and O–H groups in total. The average Bonchev–Trinajstić information content (AvgIpc) is 2.37. The van der Waals surface area contributed by atoms with Gasteiger partial charge >= 0.3 is 0 Å². The molecule has 0 aromatic rings. The monoisotopic (exact) mass is 241 g/mol. The average molecular weight is 241 g/mol. The standard InChI is InChI=1S/C13H27N3O/c1-4-6-12(14)13(17)15(3)11-7-9-16(5-2)10-8-11/h11-12H,4-10,14H2,1-3H3. The van der Waals surface area contributed by atoms with E-state index in [0.29, 0.717) is 6.04 Å². The minimum atomic E-state index is -0.311. The lowest BCUT2D eigenvalue weighted by atomic mass is 10.0. The largest absolute Gasteiger partial charge is 0.341 e. The molecule has 0 spiro atoms. The Balaban J connectivity index is 2.42. The fourth-order valence-corrected chi connectivity index (χ4v) is 2.50. The molecule has 0 aliphatic carbocycles. The molecule has 0 aromatic carbocycles. The fourth-order valence-electron chi connectivity index (χ4n) is 2.50. The second-order valence-electron chi connectivity index (χ2n) is 5.01. The molecule has 1 atom stereocenters. The molecule has 0 aromatic heterocycles. The van der Waals surface area contributed by atoms with Gasteiger partial charge in [0.25, 0.3) is 0 Å². The molecule has 4 heteroatoms. The topological polar surface area (TPSA) is 49.6 Å². The first kappa shape index (κ1) is 14.5. The van der Waals surface area contributed by atoms with Gasteiger partial charge < -0.3 is 15.5 Å². The van der Waals surface area contributed by atoms with Crippen LogP contribution in [0.4, 0.5) is 0 Å². The Kier molecular flexibility index (Phi) is 5.92. The Labute approximate surface area is 105 Å². The maximum atomic E-state index is 12.1. The molecule has 0 saturated carbocycles. The maximum absolute atomic E-state index is 12.1. The number of hydrogen-bond donors (Lipinski definition) is 1. The smallest absolute Gasteiger partial charge is 0.239 e. The number of amides is 1. The molecule has 4 nitrogen and oxygen atoms in total. The molecule has 1 saturated heterocycles. The van der Waals surface area contributed by atoms with Crippen LogP contribution in [0.1, 0.15) is 39.5 Å². The van der Waals surface area contributed by atoms with Gasteiger partial charge in [-0.25, -0.2) is 0 Å². The molecule has 1 aliphatic rings. The van der Waals surface area contributed by atoms with Crippen molar-refractivity contribution in [3.05, 3.63) is 0 Å². The molecule has 1 unspecified atom stereocenters. The number of hydrogen-bond acceptors (Lipinski definition) is 3. The van der Waals surface area contributed by atoms with E-state index in [1.54, 1.807) is 0 Å². The first-order chi connectivity index (χ1) is 8.10. The summed E-state index contributed by atoms with van der Waals surface area (Å²) in [6.45, 7) is 7.56. The van der Waals surface area contributed by atoms with Gasteiger partial charge in [0.2, 0.25) is 5.91 Å². The minimum Gasteiger partial charge on any atom is -0.341 e. The Bertz CT molecular complexity index is 237. The molecule has 17 heavy (non-hydrogen) atoms. The molecule has 100 valence electrons. The Hall–Kier alpha value is -0.610. The van der Waals surface area contributed by atoms with E-state index in [2.05, 4.69) is 18.7 Å². The number of likely N-dealkylation sites (tertiary alicyclic amines) is 1. The minimum absolute atomic E-state index is 0.113. The Morgan fingerprint density at radius 2 is 2.00 bits per heavy atom. The number of nitrogens with zero attached hydrogens (tertiary/aromatic N) is 2. The zero-order valence-corrected chi connectivity index (χ0v) is 11.5. The van der Waals surface area contributed by atoms with E-state index >= 15 is 0 Å². The van der Waals surface area contributed by atoms with Crippen molar-refractivity contribution in [1.29, 1.82) is 0 Å². The lowest BCUT2D eigenvalue weighted by molar-refractivity contribution is -0.134. The number of carbonyl (C=O) groups excluding carboxylic acids is 1. The molecule has 1 aliphatic heterocycles. The van der Waals surface area contributed by atoms with Gasteiger partial charge in [0.05, 0.1) is 6.04 Å². The maximum Gasteiger partial charge on any atom is 0.239 e. The summed E-state index contributed by atoms with van der Waals surface area (Å²) in [7, 11) is 1.91. The van der Waals surface area contributed by atoms with E-state index in [9.17, 15) is 4.79 Å². The van der Waals surface area contributed by atoms with E-state index in [0.717, 1.165) is 45.3 Å².